The highest BCUT2D eigenvalue weighted by atomic mass is 19.3. The summed E-state index contributed by atoms with van der Waals surface area (Å²) in [7, 11) is 0. The zero-order valence-electron chi connectivity index (χ0n) is 9.42. The summed E-state index contributed by atoms with van der Waals surface area (Å²) in [6.45, 7) is 4.32. The molecule has 90 valence electrons. The summed E-state index contributed by atoms with van der Waals surface area (Å²) in [6.07, 6.45) is -0.791. The molecule has 0 aromatic heterocycles. The van der Waals surface area contributed by atoms with Gasteiger partial charge in [-0.15, -0.1) is 0 Å². The first-order chi connectivity index (χ1) is 7.00. The first-order valence-electron chi connectivity index (χ1n) is 5.70. The van der Waals surface area contributed by atoms with Gasteiger partial charge in [0.1, 0.15) is 6.10 Å². The molecule has 1 saturated carbocycles. The van der Waals surface area contributed by atoms with E-state index in [1.54, 1.807) is 0 Å². The van der Waals surface area contributed by atoms with Crippen LogP contribution in [-0.2, 0) is 0 Å². The summed E-state index contributed by atoms with van der Waals surface area (Å²) in [5, 5.41) is 12.0. The highest BCUT2D eigenvalue weighted by Crippen LogP contribution is 2.28. The molecule has 2 N–H and O–H groups in total. The van der Waals surface area contributed by atoms with Crippen LogP contribution in [0.2, 0.25) is 0 Å². The molecule has 0 saturated heterocycles. The topological polar surface area (TPSA) is 32.3 Å². The Bertz CT molecular complexity index is 189. The Balaban J connectivity index is 2.30. The normalized spacial score (nSPS) is 34.4. The number of halogens is 2. The summed E-state index contributed by atoms with van der Waals surface area (Å²) >= 11 is 0. The van der Waals surface area contributed by atoms with E-state index in [1.165, 1.54) is 6.42 Å². The molecule has 0 heterocycles. The number of hydrogen-bond donors (Lipinski definition) is 2. The highest BCUT2D eigenvalue weighted by Gasteiger charge is 2.26. The lowest BCUT2D eigenvalue weighted by atomic mass is 9.80. The lowest BCUT2D eigenvalue weighted by Gasteiger charge is -2.34. The first-order valence-corrected chi connectivity index (χ1v) is 5.70. The minimum absolute atomic E-state index is 0.000602. The Hall–Kier alpha value is -0.220. The van der Waals surface area contributed by atoms with Crippen LogP contribution < -0.4 is 5.32 Å². The second-order valence-corrected chi connectivity index (χ2v) is 4.81. The minimum Gasteiger partial charge on any atom is -0.386 e. The van der Waals surface area contributed by atoms with Gasteiger partial charge in [0.2, 0.25) is 0 Å². The molecule has 1 rings (SSSR count). The summed E-state index contributed by atoms with van der Waals surface area (Å²) in [5.74, 6) is 1.17. The van der Waals surface area contributed by atoms with Crippen molar-refractivity contribution in [3.8, 4) is 0 Å². The molecule has 4 heteroatoms. The molecule has 2 nitrogen and oxygen atoms in total. The van der Waals surface area contributed by atoms with E-state index in [2.05, 4.69) is 19.2 Å². The maximum Gasteiger partial charge on any atom is 0.265 e. The number of hydrogen-bond acceptors (Lipinski definition) is 2. The fourth-order valence-corrected chi connectivity index (χ4v) is 2.18. The third-order valence-corrected chi connectivity index (χ3v) is 3.34. The second kappa shape index (κ2) is 5.75. The first kappa shape index (κ1) is 12.8. The number of nitrogens with one attached hydrogen (secondary N) is 1. The van der Waals surface area contributed by atoms with Gasteiger partial charge in [0, 0.05) is 12.6 Å². The van der Waals surface area contributed by atoms with Crippen molar-refractivity contribution in [1.29, 1.82) is 0 Å². The second-order valence-electron chi connectivity index (χ2n) is 4.81. The van der Waals surface area contributed by atoms with Crippen molar-refractivity contribution >= 4 is 0 Å². The van der Waals surface area contributed by atoms with Gasteiger partial charge in [0.15, 0.2) is 0 Å². The maximum atomic E-state index is 12.1. The summed E-state index contributed by atoms with van der Waals surface area (Å²) in [6, 6.07) is 0.280. The molecular weight excluding hydrogens is 200 g/mol. The van der Waals surface area contributed by atoms with Crippen LogP contribution in [0.1, 0.15) is 33.1 Å². The molecule has 15 heavy (non-hydrogen) atoms. The van der Waals surface area contributed by atoms with Crippen molar-refractivity contribution in [1.82, 2.24) is 5.32 Å². The van der Waals surface area contributed by atoms with Crippen LogP contribution in [0.4, 0.5) is 8.78 Å². The molecule has 0 amide bonds. The van der Waals surface area contributed by atoms with Crippen LogP contribution in [0, 0.1) is 11.8 Å². The van der Waals surface area contributed by atoms with E-state index < -0.39 is 12.5 Å². The van der Waals surface area contributed by atoms with Crippen molar-refractivity contribution < 1.29 is 13.9 Å². The molecular formula is C11H21F2NO. The molecule has 0 aromatic rings. The molecule has 1 aliphatic rings. The number of aliphatic hydroxyl groups is 1. The molecule has 0 aliphatic heterocycles. The van der Waals surface area contributed by atoms with E-state index >= 15 is 0 Å². The largest absolute Gasteiger partial charge is 0.386 e. The standard InChI is InChI=1S/C11H21F2NO/c1-7-3-4-8(2)9(5-7)14-6-10(15)11(12)13/h7-11,14-15H,3-6H2,1-2H3. The van der Waals surface area contributed by atoms with E-state index in [4.69, 9.17) is 5.11 Å². The molecule has 1 fully saturated rings. The average Bonchev–Trinajstić information content (AvgIpc) is 2.18. The third kappa shape index (κ3) is 4.03. The third-order valence-electron chi connectivity index (χ3n) is 3.34. The van der Waals surface area contributed by atoms with E-state index in [0.29, 0.717) is 11.8 Å². The fraction of sp³-hybridized carbons (Fsp3) is 1.00. The lowest BCUT2D eigenvalue weighted by molar-refractivity contribution is -0.00666. The summed E-state index contributed by atoms with van der Waals surface area (Å²) < 4.78 is 24.1. The molecule has 0 aromatic carbocycles. The number of alkyl halides is 2. The molecule has 1 aliphatic carbocycles. The van der Waals surface area contributed by atoms with E-state index in [9.17, 15) is 8.78 Å². The molecule has 0 radical (unpaired) electrons. The van der Waals surface area contributed by atoms with Crippen LogP contribution in [0.15, 0.2) is 0 Å². The predicted octanol–water partition coefficient (Wildman–Crippen LogP) is 2.03. The zero-order valence-corrected chi connectivity index (χ0v) is 9.42. The van der Waals surface area contributed by atoms with E-state index in [0.717, 1.165) is 12.8 Å². The van der Waals surface area contributed by atoms with Crippen molar-refractivity contribution in [2.24, 2.45) is 11.8 Å². The minimum atomic E-state index is -2.64. The van der Waals surface area contributed by atoms with Crippen LogP contribution >= 0.6 is 0 Å². The van der Waals surface area contributed by atoms with E-state index in [1.807, 2.05) is 0 Å². The van der Waals surface area contributed by atoms with Crippen LogP contribution in [0.3, 0.4) is 0 Å². The smallest absolute Gasteiger partial charge is 0.265 e. The monoisotopic (exact) mass is 221 g/mol. The lowest BCUT2D eigenvalue weighted by Crippen LogP contribution is -2.44. The molecule has 4 unspecified atom stereocenters. The molecule has 4 atom stereocenters. The van der Waals surface area contributed by atoms with Gasteiger partial charge in [-0.1, -0.05) is 20.3 Å². The van der Waals surface area contributed by atoms with E-state index in [-0.39, 0.29) is 12.6 Å². The Morgan fingerprint density at radius 3 is 2.60 bits per heavy atom. The van der Waals surface area contributed by atoms with Crippen LogP contribution in [0.25, 0.3) is 0 Å². The van der Waals surface area contributed by atoms with Crippen LogP contribution in [0.5, 0.6) is 0 Å². The van der Waals surface area contributed by atoms with Gasteiger partial charge in [-0.05, 0) is 24.7 Å². The van der Waals surface area contributed by atoms with Crippen molar-refractivity contribution in [3.05, 3.63) is 0 Å². The highest BCUT2D eigenvalue weighted by molar-refractivity contribution is 4.82. The SMILES string of the molecule is CC1CCC(C)C(NCC(O)C(F)F)C1. The van der Waals surface area contributed by atoms with Crippen molar-refractivity contribution in [2.75, 3.05) is 6.54 Å². The maximum absolute atomic E-state index is 12.1. The quantitative estimate of drug-likeness (QED) is 0.761. The zero-order chi connectivity index (χ0) is 11.4. The number of aliphatic hydroxyl groups excluding tert-OH is 1. The van der Waals surface area contributed by atoms with Gasteiger partial charge in [0.05, 0.1) is 0 Å². The van der Waals surface area contributed by atoms with Crippen molar-refractivity contribution in [2.45, 2.75) is 51.7 Å². The summed E-state index contributed by atoms with van der Waals surface area (Å²) in [4.78, 5) is 0. The number of rotatable bonds is 4. The van der Waals surface area contributed by atoms with Crippen molar-refractivity contribution in [3.63, 3.8) is 0 Å². The Morgan fingerprint density at radius 2 is 2.00 bits per heavy atom. The Morgan fingerprint density at radius 1 is 1.33 bits per heavy atom. The van der Waals surface area contributed by atoms with Crippen LogP contribution in [-0.4, -0.2) is 30.2 Å². The summed E-state index contributed by atoms with van der Waals surface area (Å²) in [5.41, 5.74) is 0. The fourth-order valence-electron chi connectivity index (χ4n) is 2.18. The van der Waals surface area contributed by atoms with Gasteiger partial charge in [-0.3, -0.25) is 0 Å². The predicted molar refractivity (Wildman–Crippen MR) is 56.0 cm³/mol. The van der Waals surface area contributed by atoms with Gasteiger partial charge < -0.3 is 10.4 Å². The average molecular weight is 221 g/mol. The Labute approximate surface area is 90.1 Å². The van der Waals surface area contributed by atoms with Gasteiger partial charge in [-0.2, -0.15) is 0 Å². The Kier molecular flexibility index (Phi) is 4.93. The van der Waals surface area contributed by atoms with Gasteiger partial charge in [-0.25, -0.2) is 8.78 Å². The molecule has 0 bridgehead atoms. The van der Waals surface area contributed by atoms with Gasteiger partial charge in [0.25, 0.3) is 6.43 Å². The molecule has 0 spiro atoms. The van der Waals surface area contributed by atoms with Gasteiger partial charge >= 0.3 is 0 Å².